The predicted octanol–water partition coefficient (Wildman–Crippen LogP) is 2.53. The predicted molar refractivity (Wildman–Crippen MR) is 78.7 cm³/mol. The molecule has 0 radical (unpaired) electrons. The molecule has 0 spiro atoms. The fourth-order valence-electron chi connectivity index (χ4n) is 3.27. The molecule has 1 saturated heterocycles. The topological polar surface area (TPSA) is 82.1 Å². The van der Waals surface area contributed by atoms with Crippen LogP contribution >= 0.6 is 0 Å². The van der Waals surface area contributed by atoms with Crippen molar-refractivity contribution in [2.45, 2.75) is 24.9 Å². The molecule has 0 amide bonds. The Balaban J connectivity index is 1.75. The van der Waals surface area contributed by atoms with Gasteiger partial charge >= 0.3 is 12.1 Å². The zero-order chi connectivity index (χ0) is 17.1. The normalized spacial score (nSPS) is 24.7. The van der Waals surface area contributed by atoms with Gasteiger partial charge < -0.3 is 15.0 Å². The number of carbonyl (C=O) groups is 1. The van der Waals surface area contributed by atoms with E-state index in [9.17, 15) is 23.1 Å². The summed E-state index contributed by atoms with van der Waals surface area (Å²) < 4.78 is 39.6. The number of hydrogen-bond donors (Lipinski definition) is 2. The number of nitrogens with one attached hydrogen (secondary N) is 1. The van der Waals surface area contributed by atoms with Crippen molar-refractivity contribution in [2.24, 2.45) is 11.8 Å². The van der Waals surface area contributed by atoms with Gasteiger partial charge in [0, 0.05) is 25.2 Å². The lowest BCUT2D eigenvalue weighted by Gasteiger charge is -2.20. The molecule has 2 fully saturated rings. The molecule has 0 unspecified atom stereocenters. The van der Waals surface area contributed by atoms with Crippen molar-refractivity contribution in [2.75, 3.05) is 18.0 Å². The molecule has 0 aromatic carbocycles. The highest BCUT2D eigenvalue weighted by atomic mass is 19.4. The first-order chi connectivity index (χ1) is 11.3. The number of aromatic nitrogens is 3. The molecule has 2 aromatic heterocycles. The minimum atomic E-state index is -4.55. The zero-order valence-corrected chi connectivity index (χ0v) is 12.5. The average molecular weight is 340 g/mol. The molecule has 2 aromatic rings. The number of nitrogens with zero attached hydrogens (tertiary/aromatic N) is 3. The largest absolute Gasteiger partial charge is 0.481 e. The average Bonchev–Trinajstić information content (AvgIpc) is 3.07. The fraction of sp³-hybridized carbons (Fsp3) is 0.533. The third kappa shape index (κ3) is 2.47. The van der Waals surface area contributed by atoms with Gasteiger partial charge in [-0.25, -0.2) is 9.97 Å². The van der Waals surface area contributed by atoms with Crippen LogP contribution in [0.3, 0.4) is 0 Å². The summed E-state index contributed by atoms with van der Waals surface area (Å²) in [6, 6.07) is 1.71. The van der Waals surface area contributed by atoms with Gasteiger partial charge in [0.15, 0.2) is 0 Å². The second-order valence-electron chi connectivity index (χ2n) is 6.42. The molecule has 2 N–H and O–H groups in total. The van der Waals surface area contributed by atoms with Crippen LogP contribution in [0.25, 0.3) is 11.0 Å². The SMILES string of the molecule is O=C(O)[C@@H]1CN(c2nc(C3CC3)nc3[nH]ccc23)C[C@H]1C(F)(F)F. The summed E-state index contributed by atoms with van der Waals surface area (Å²) in [5, 5.41) is 9.79. The second kappa shape index (κ2) is 5.09. The molecule has 2 aliphatic rings. The van der Waals surface area contributed by atoms with Crippen LogP contribution in [0.1, 0.15) is 24.6 Å². The molecule has 1 saturated carbocycles. The first-order valence-electron chi connectivity index (χ1n) is 7.74. The summed E-state index contributed by atoms with van der Waals surface area (Å²) in [7, 11) is 0. The lowest BCUT2D eigenvalue weighted by Crippen LogP contribution is -2.33. The second-order valence-corrected chi connectivity index (χ2v) is 6.42. The molecular weight excluding hydrogens is 325 g/mol. The van der Waals surface area contributed by atoms with Crippen molar-refractivity contribution in [3.8, 4) is 0 Å². The number of halogens is 3. The molecule has 0 bridgehead atoms. The number of alkyl halides is 3. The van der Waals surface area contributed by atoms with E-state index in [4.69, 9.17) is 0 Å². The molecular formula is C15H15F3N4O2. The Morgan fingerprint density at radius 1 is 1.29 bits per heavy atom. The van der Waals surface area contributed by atoms with Crippen LogP contribution < -0.4 is 4.90 Å². The van der Waals surface area contributed by atoms with Gasteiger partial charge in [0.2, 0.25) is 0 Å². The lowest BCUT2D eigenvalue weighted by molar-refractivity contribution is -0.187. The lowest BCUT2D eigenvalue weighted by atomic mass is 9.96. The van der Waals surface area contributed by atoms with Gasteiger partial charge in [-0.05, 0) is 18.9 Å². The summed E-state index contributed by atoms with van der Waals surface area (Å²) in [6.07, 6.45) is -0.962. The minimum absolute atomic E-state index is 0.207. The number of rotatable bonds is 3. The van der Waals surface area contributed by atoms with Gasteiger partial charge in [0.05, 0.1) is 17.2 Å². The minimum Gasteiger partial charge on any atom is -0.481 e. The van der Waals surface area contributed by atoms with E-state index in [1.807, 2.05) is 0 Å². The summed E-state index contributed by atoms with van der Waals surface area (Å²) in [5.41, 5.74) is 0.573. The van der Waals surface area contributed by atoms with Crippen molar-refractivity contribution in [1.82, 2.24) is 15.0 Å². The zero-order valence-electron chi connectivity index (χ0n) is 12.5. The van der Waals surface area contributed by atoms with Gasteiger partial charge in [-0.15, -0.1) is 0 Å². The van der Waals surface area contributed by atoms with Crippen LogP contribution in [-0.4, -0.2) is 45.3 Å². The van der Waals surface area contributed by atoms with Gasteiger partial charge in [-0.1, -0.05) is 0 Å². The number of hydrogen-bond acceptors (Lipinski definition) is 4. The number of carboxylic acid groups (broad SMARTS) is 1. The molecule has 6 nitrogen and oxygen atoms in total. The molecule has 24 heavy (non-hydrogen) atoms. The molecule has 1 aliphatic carbocycles. The molecule has 3 heterocycles. The van der Waals surface area contributed by atoms with Crippen LogP contribution in [-0.2, 0) is 4.79 Å². The van der Waals surface area contributed by atoms with E-state index in [2.05, 4.69) is 15.0 Å². The summed E-state index contributed by atoms with van der Waals surface area (Å²) in [5.74, 6) is -3.57. The van der Waals surface area contributed by atoms with Gasteiger partial charge in [-0.2, -0.15) is 13.2 Å². The highest BCUT2D eigenvalue weighted by molar-refractivity contribution is 5.88. The van der Waals surface area contributed by atoms with E-state index in [1.165, 1.54) is 4.90 Å². The van der Waals surface area contributed by atoms with Crippen LogP contribution in [0.2, 0.25) is 0 Å². The highest BCUT2D eigenvalue weighted by Gasteiger charge is 2.53. The molecule has 4 rings (SSSR count). The summed E-state index contributed by atoms with van der Waals surface area (Å²) in [6.45, 7) is -0.608. The number of fused-ring (bicyclic) bond motifs is 1. The first kappa shape index (κ1) is 15.2. The van der Waals surface area contributed by atoms with Crippen molar-refractivity contribution < 1.29 is 23.1 Å². The summed E-state index contributed by atoms with van der Waals surface area (Å²) >= 11 is 0. The number of anilines is 1. The number of aliphatic carboxylic acids is 1. The maximum atomic E-state index is 13.2. The Morgan fingerprint density at radius 3 is 2.62 bits per heavy atom. The smallest absolute Gasteiger partial charge is 0.394 e. The van der Waals surface area contributed by atoms with Crippen LogP contribution in [0.4, 0.5) is 19.0 Å². The fourth-order valence-corrected chi connectivity index (χ4v) is 3.27. The Hall–Kier alpha value is -2.32. The number of aromatic amines is 1. The standard InChI is InChI=1S/C15H15F3N4O2/c16-15(17,18)10-6-22(5-9(10)14(23)24)13-8-3-4-19-12(8)20-11(21-13)7-1-2-7/h3-4,7,9-10H,1-2,5-6H2,(H,23,24)(H,19,20,21)/t9-,10-/m1/s1. The Morgan fingerprint density at radius 2 is 2.04 bits per heavy atom. The molecule has 128 valence electrons. The maximum absolute atomic E-state index is 13.2. The van der Waals surface area contributed by atoms with Crippen molar-refractivity contribution in [1.29, 1.82) is 0 Å². The van der Waals surface area contributed by atoms with Crippen LogP contribution in [0.15, 0.2) is 12.3 Å². The van der Waals surface area contributed by atoms with E-state index >= 15 is 0 Å². The van der Waals surface area contributed by atoms with Gasteiger partial charge in [0.1, 0.15) is 17.3 Å². The molecule has 9 heteroatoms. The maximum Gasteiger partial charge on any atom is 0.394 e. The Kier molecular flexibility index (Phi) is 3.23. The van der Waals surface area contributed by atoms with Gasteiger partial charge in [-0.3, -0.25) is 4.79 Å². The third-order valence-electron chi connectivity index (χ3n) is 4.71. The first-order valence-corrected chi connectivity index (χ1v) is 7.74. The van der Waals surface area contributed by atoms with E-state index in [-0.39, 0.29) is 12.5 Å². The van der Waals surface area contributed by atoms with Crippen LogP contribution in [0.5, 0.6) is 0 Å². The van der Waals surface area contributed by atoms with Crippen LogP contribution in [0, 0.1) is 11.8 Å². The number of H-pyrrole nitrogens is 1. The third-order valence-corrected chi connectivity index (χ3v) is 4.71. The van der Waals surface area contributed by atoms with Gasteiger partial charge in [0.25, 0.3) is 0 Å². The Labute approximate surface area is 134 Å². The monoisotopic (exact) mass is 340 g/mol. The molecule has 1 aliphatic heterocycles. The number of carboxylic acids is 1. The molecule has 2 atom stereocenters. The summed E-state index contributed by atoms with van der Waals surface area (Å²) in [4.78, 5) is 24.5. The van der Waals surface area contributed by atoms with Crippen molar-refractivity contribution in [3.63, 3.8) is 0 Å². The van der Waals surface area contributed by atoms with E-state index < -0.39 is 30.5 Å². The van der Waals surface area contributed by atoms with Crippen molar-refractivity contribution in [3.05, 3.63) is 18.1 Å². The Bertz CT molecular complexity index is 800. The quantitative estimate of drug-likeness (QED) is 0.897. The van der Waals surface area contributed by atoms with E-state index in [1.54, 1.807) is 12.3 Å². The van der Waals surface area contributed by atoms with E-state index in [0.717, 1.165) is 12.8 Å². The highest BCUT2D eigenvalue weighted by Crippen LogP contribution is 2.42. The van der Waals surface area contributed by atoms with Crippen molar-refractivity contribution >= 4 is 22.8 Å². The van der Waals surface area contributed by atoms with E-state index in [0.29, 0.717) is 22.7 Å².